The molecular weight excluding hydrogens is 346 g/mol. The van der Waals surface area contributed by atoms with Crippen LogP contribution in [0.3, 0.4) is 0 Å². The van der Waals surface area contributed by atoms with Gasteiger partial charge in [-0.1, -0.05) is 18.1 Å². The van der Waals surface area contributed by atoms with E-state index in [2.05, 4.69) is 21.8 Å². The SMILES string of the molecule is CN(C)CC(=O)N[C@H]1CC[C@@H](CCn2cc(C3CCCC3)nn2)O[C@H]1CO. The van der Waals surface area contributed by atoms with Crippen LogP contribution in [0.15, 0.2) is 6.20 Å². The van der Waals surface area contributed by atoms with E-state index in [1.54, 1.807) is 0 Å². The van der Waals surface area contributed by atoms with Crippen LogP contribution in [0, 0.1) is 0 Å². The van der Waals surface area contributed by atoms with Gasteiger partial charge in [0.25, 0.3) is 0 Å². The minimum atomic E-state index is -0.348. The topological polar surface area (TPSA) is 92.5 Å². The molecular formula is C19H33N5O3. The molecule has 0 unspecified atom stereocenters. The van der Waals surface area contributed by atoms with Crippen molar-refractivity contribution in [1.29, 1.82) is 0 Å². The highest BCUT2D eigenvalue weighted by Gasteiger charge is 2.32. The Morgan fingerprint density at radius 2 is 2.11 bits per heavy atom. The number of nitrogens with zero attached hydrogens (tertiary/aromatic N) is 4. The Morgan fingerprint density at radius 3 is 2.81 bits per heavy atom. The third-order valence-corrected chi connectivity index (χ3v) is 5.61. The van der Waals surface area contributed by atoms with Gasteiger partial charge in [-0.05, 0) is 46.2 Å². The maximum absolute atomic E-state index is 12.0. The molecule has 1 aromatic rings. The number of aromatic nitrogens is 3. The first-order valence-electron chi connectivity index (χ1n) is 10.2. The van der Waals surface area contributed by atoms with Crippen LogP contribution in [0.1, 0.15) is 56.6 Å². The summed E-state index contributed by atoms with van der Waals surface area (Å²) in [6, 6.07) is -0.126. The Hall–Kier alpha value is -1.51. The van der Waals surface area contributed by atoms with Gasteiger partial charge < -0.3 is 20.1 Å². The van der Waals surface area contributed by atoms with E-state index in [0.717, 1.165) is 31.5 Å². The summed E-state index contributed by atoms with van der Waals surface area (Å²) in [6.07, 6.45) is 9.36. The Labute approximate surface area is 161 Å². The molecule has 1 aliphatic heterocycles. The van der Waals surface area contributed by atoms with Gasteiger partial charge in [0, 0.05) is 18.7 Å². The molecule has 27 heavy (non-hydrogen) atoms. The van der Waals surface area contributed by atoms with Crippen molar-refractivity contribution in [2.75, 3.05) is 27.2 Å². The second-order valence-corrected chi connectivity index (χ2v) is 8.14. The van der Waals surface area contributed by atoms with Gasteiger partial charge in [-0.2, -0.15) is 0 Å². The lowest BCUT2D eigenvalue weighted by Gasteiger charge is -2.36. The summed E-state index contributed by atoms with van der Waals surface area (Å²) < 4.78 is 7.96. The maximum atomic E-state index is 12.0. The van der Waals surface area contributed by atoms with Crippen LogP contribution in [-0.2, 0) is 16.1 Å². The van der Waals surface area contributed by atoms with Crippen LogP contribution in [-0.4, -0.2) is 76.4 Å². The number of aryl methyl sites for hydroxylation is 1. The molecule has 0 bridgehead atoms. The number of rotatable bonds is 8. The van der Waals surface area contributed by atoms with Crippen molar-refractivity contribution in [3.63, 3.8) is 0 Å². The number of likely N-dealkylation sites (N-methyl/N-ethyl adjacent to an activating group) is 1. The molecule has 2 heterocycles. The van der Waals surface area contributed by atoms with Crippen LogP contribution < -0.4 is 5.32 Å². The monoisotopic (exact) mass is 379 g/mol. The number of aliphatic hydroxyl groups is 1. The Morgan fingerprint density at radius 1 is 1.33 bits per heavy atom. The molecule has 0 aromatic carbocycles. The van der Waals surface area contributed by atoms with E-state index in [0.29, 0.717) is 12.5 Å². The van der Waals surface area contributed by atoms with Crippen molar-refractivity contribution < 1.29 is 14.6 Å². The van der Waals surface area contributed by atoms with E-state index < -0.39 is 0 Å². The zero-order valence-electron chi connectivity index (χ0n) is 16.5. The summed E-state index contributed by atoms with van der Waals surface area (Å²) in [6.45, 7) is 1.02. The van der Waals surface area contributed by atoms with Crippen LogP contribution in [0.4, 0.5) is 0 Å². The third kappa shape index (κ3) is 5.73. The number of nitrogens with one attached hydrogen (secondary N) is 1. The van der Waals surface area contributed by atoms with Crippen LogP contribution >= 0.6 is 0 Å². The van der Waals surface area contributed by atoms with Gasteiger partial charge in [-0.3, -0.25) is 9.48 Å². The Bertz CT molecular complexity index is 600. The standard InChI is InChI=1S/C19H33N5O3/c1-23(2)12-19(26)20-16-8-7-15(27-18(16)13-25)9-10-24-11-17(21-22-24)14-5-3-4-6-14/h11,14-16,18,25H,3-10,12-13H2,1-2H3,(H,20,26)/t15-,16-,18-/m0/s1. The fourth-order valence-electron chi connectivity index (χ4n) is 4.16. The molecule has 1 saturated heterocycles. The fourth-order valence-corrected chi connectivity index (χ4v) is 4.16. The van der Waals surface area contributed by atoms with Gasteiger partial charge in [-0.25, -0.2) is 0 Å². The van der Waals surface area contributed by atoms with Crippen LogP contribution in [0.2, 0.25) is 0 Å². The molecule has 0 radical (unpaired) electrons. The summed E-state index contributed by atoms with van der Waals surface area (Å²) in [5.41, 5.74) is 1.12. The van der Waals surface area contributed by atoms with E-state index >= 15 is 0 Å². The average molecular weight is 380 g/mol. The lowest BCUT2D eigenvalue weighted by Crippen LogP contribution is -2.52. The largest absolute Gasteiger partial charge is 0.394 e. The number of amides is 1. The second kappa shape index (κ2) is 9.61. The Balaban J connectivity index is 1.45. The predicted molar refractivity (Wildman–Crippen MR) is 101 cm³/mol. The van der Waals surface area contributed by atoms with E-state index in [9.17, 15) is 9.90 Å². The van der Waals surface area contributed by atoms with Crippen molar-refractivity contribution in [2.24, 2.45) is 0 Å². The van der Waals surface area contributed by atoms with Crippen molar-refractivity contribution in [3.05, 3.63) is 11.9 Å². The smallest absolute Gasteiger partial charge is 0.234 e. The first kappa shape index (κ1) is 20.2. The maximum Gasteiger partial charge on any atom is 0.234 e. The van der Waals surface area contributed by atoms with Gasteiger partial charge in [0.2, 0.25) is 5.91 Å². The third-order valence-electron chi connectivity index (χ3n) is 5.61. The quantitative estimate of drug-likeness (QED) is 0.698. The molecule has 3 atom stereocenters. The fraction of sp³-hybridized carbons (Fsp3) is 0.842. The number of hydrogen-bond acceptors (Lipinski definition) is 6. The van der Waals surface area contributed by atoms with Gasteiger partial charge >= 0.3 is 0 Å². The summed E-state index contributed by atoms with van der Waals surface area (Å²) in [7, 11) is 3.72. The number of carbonyl (C=O) groups is 1. The molecule has 8 heteroatoms. The number of hydrogen-bond donors (Lipinski definition) is 2. The van der Waals surface area contributed by atoms with Gasteiger partial charge in [0.15, 0.2) is 0 Å². The highest BCUT2D eigenvalue weighted by atomic mass is 16.5. The molecule has 2 aliphatic rings. The zero-order chi connectivity index (χ0) is 19.2. The molecule has 8 nitrogen and oxygen atoms in total. The summed E-state index contributed by atoms with van der Waals surface area (Å²) in [5.74, 6) is 0.544. The number of carbonyl (C=O) groups excluding carboxylic acids is 1. The molecule has 152 valence electrons. The average Bonchev–Trinajstić information content (AvgIpc) is 3.31. The number of ether oxygens (including phenoxy) is 1. The van der Waals surface area contributed by atoms with Gasteiger partial charge in [0.1, 0.15) is 6.10 Å². The molecule has 0 spiro atoms. The summed E-state index contributed by atoms with van der Waals surface area (Å²) in [5, 5.41) is 21.3. The van der Waals surface area contributed by atoms with Crippen molar-refractivity contribution >= 4 is 5.91 Å². The first-order chi connectivity index (χ1) is 13.0. The molecule has 2 N–H and O–H groups in total. The molecule has 3 rings (SSSR count). The molecule has 1 aromatic heterocycles. The Kier molecular flexibility index (Phi) is 7.20. The van der Waals surface area contributed by atoms with Crippen LogP contribution in [0.5, 0.6) is 0 Å². The minimum absolute atomic E-state index is 0.0347. The first-order valence-corrected chi connectivity index (χ1v) is 10.2. The zero-order valence-corrected chi connectivity index (χ0v) is 16.5. The van der Waals surface area contributed by atoms with E-state index in [1.807, 2.05) is 23.7 Å². The van der Waals surface area contributed by atoms with E-state index in [4.69, 9.17) is 4.74 Å². The highest BCUT2D eigenvalue weighted by molar-refractivity contribution is 5.78. The molecule has 2 fully saturated rings. The number of aliphatic hydroxyl groups excluding tert-OH is 1. The predicted octanol–water partition coefficient (Wildman–Crippen LogP) is 0.912. The molecule has 1 saturated carbocycles. The second-order valence-electron chi connectivity index (χ2n) is 8.14. The van der Waals surface area contributed by atoms with Crippen LogP contribution in [0.25, 0.3) is 0 Å². The van der Waals surface area contributed by atoms with E-state index in [-0.39, 0.29) is 30.8 Å². The molecule has 1 aliphatic carbocycles. The van der Waals surface area contributed by atoms with Crippen molar-refractivity contribution in [1.82, 2.24) is 25.2 Å². The van der Waals surface area contributed by atoms with E-state index in [1.165, 1.54) is 25.7 Å². The highest BCUT2D eigenvalue weighted by Crippen LogP contribution is 2.32. The normalized spacial score (nSPS) is 26.6. The van der Waals surface area contributed by atoms with Crippen molar-refractivity contribution in [3.8, 4) is 0 Å². The lowest BCUT2D eigenvalue weighted by molar-refractivity contribution is -0.129. The molecule has 1 amide bonds. The van der Waals surface area contributed by atoms with Gasteiger partial charge in [-0.15, -0.1) is 5.10 Å². The van der Waals surface area contributed by atoms with Gasteiger partial charge in [0.05, 0.1) is 31.0 Å². The van der Waals surface area contributed by atoms with Crippen molar-refractivity contribution in [2.45, 2.75) is 75.7 Å². The summed E-state index contributed by atoms with van der Waals surface area (Å²) >= 11 is 0. The lowest BCUT2D eigenvalue weighted by atomic mass is 9.97. The summed E-state index contributed by atoms with van der Waals surface area (Å²) in [4.78, 5) is 13.8. The minimum Gasteiger partial charge on any atom is -0.394 e.